The molecule has 0 N–H and O–H groups in total. The van der Waals surface area contributed by atoms with Crippen molar-refractivity contribution in [2.75, 3.05) is 9.80 Å². The van der Waals surface area contributed by atoms with Crippen molar-refractivity contribution in [2.24, 2.45) is 0 Å². The first-order valence-corrected chi connectivity index (χ1v) is 24.9. The number of nitrogens with zero attached hydrogens (tertiary/aromatic N) is 6. The monoisotopic (exact) mass is 940 g/mol. The molecule has 0 saturated carbocycles. The largest absolute Gasteiger partial charge is 0.310 e. The Hall–Kier alpha value is -10.1. The summed E-state index contributed by atoms with van der Waals surface area (Å²) >= 11 is 0. The maximum atomic E-state index is 10.7. The van der Waals surface area contributed by atoms with Crippen molar-refractivity contribution in [2.45, 2.75) is 10.8 Å². The van der Waals surface area contributed by atoms with E-state index in [9.17, 15) is 10.5 Å². The third kappa shape index (κ3) is 5.41. The summed E-state index contributed by atoms with van der Waals surface area (Å²) in [5.41, 5.74) is 22.6. The molecule has 0 amide bonds. The first-order valence-electron chi connectivity index (χ1n) is 24.9. The van der Waals surface area contributed by atoms with Crippen LogP contribution in [0.5, 0.6) is 0 Å². The van der Waals surface area contributed by atoms with Crippen LogP contribution in [-0.2, 0) is 10.8 Å². The number of para-hydroxylation sites is 4. The van der Waals surface area contributed by atoms with Gasteiger partial charge in [0.2, 0.25) is 0 Å². The van der Waals surface area contributed by atoms with Gasteiger partial charge in [0.1, 0.15) is 23.5 Å². The Morgan fingerprint density at radius 2 is 0.527 bits per heavy atom. The fourth-order valence-electron chi connectivity index (χ4n) is 13.2. The average molecular weight is 941 g/mol. The molecule has 2 spiro atoms. The predicted octanol–water partition coefficient (Wildman–Crippen LogP) is 15.8. The molecule has 2 aliphatic carbocycles. The van der Waals surface area contributed by atoms with E-state index < -0.39 is 10.8 Å². The molecule has 0 atom stereocenters. The van der Waals surface area contributed by atoms with Crippen molar-refractivity contribution in [1.82, 2.24) is 9.97 Å². The van der Waals surface area contributed by atoms with Gasteiger partial charge in [-0.3, -0.25) is 0 Å². The normalized spacial score (nSPS) is 14.1. The molecular formula is C68H40N6. The van der Waals surface area contributed by atoms with Crippen molar-refractivity contribution in [3.05, 3.63) is 299 Å². The Balaban J connectivity index is 0.792. The summed E-state index contributed by atoms with van der Waals surface area (Å²) < 4.78 is 0. The van der Waals surface area contributed by atoms with Crippen LogP contribution in [0, 0.1) is 22.7 Å². The zero-order valence-electron chi connectivity index (χ0n) is 39.8. The van der Waals surface area contributed by atoms with Gasteiger partial charge in [0.25, 0.3) is 0 Å². The summed E-state index contributed by atoms with van der Waals surface area (Å²) in [5.74, 6) is 0. The van der Waals surface area contributed by atoms with Crippen LogP contribution in [-0.4, -0.2) is 9.97 Å². The van der Waals surface area contributed by atoms with E-state index in [2.05, 4.69) is 240 Å². The van der Waals surface area contributed by atoms with E-state index in [1.807, 2.05) is 24.3 Å². The van der Waals surface area contributed by atoms with Crippen molar-refractivity contribution >= 4 is 34.1 Å². The number of hydrogen-bond acceptors (Lipinski definition) is 6. The van der Waals surface area contributed by atoms with Gasteiger partial charge in [-0.25, -0.2) is 9.97 Å². The molecule has 0 radical (unpaired) electrons. The number of aromatic nitrogens is 2. The highest BCUT2D eigenvalue weighted by atomic mass is 15.2. The first kappa shape index (κ1) is 41.6. The number of rotatable bonds is 4. The molecule has 0 unspecified atom stereocenters. The standard InChI is InChI=1S/C68H40N6/c69-41-59-65(43-33-37-45(38-34-43)73-61-29-13-9-25-55(61)67(56-26-10-14-30-62(56)73)51-21-5-1-17-47(51)48-18-2-6-22-52(48)67)71-60(42-70)66(72-59)44-35-39-46(40-36-44)74-63-31-15-11-27-57(63)68(58-28-12-16-32-64(58)74)53-23-7-3-19-49(53)50-20-4-8-24-54(50)68/h1-40H. The fraction of sp³-hybridized carbons (Fsp3) is 0.0294. The van der Waals surface area contributed by atoms with E-state index in [1.165, 1.54) is 66.8 Å². The van der Waals surface area contributed by atoms with Crippen LogP contribution >= 0.6 is 0 Å². The van der Waals surface area contributed by atoms with Crippen molar-refractivity contribution < 1.29 is 0 Å². The fourth-order valence-corrected chi connectivity index (χ4v) is 13.2. The minimum atomic E-state index is -0.506. The van der Waals surface area contributed by atoms with Crippen LogP contribution in [0.25, 0.3) is 44.8 Å². The molecule has 342 valence electrons. The molecule has 2 aliphatic heterocycles. The molecule has 0 saturated heterocycles. The molecule has 6 heteroatoms. The van der Waals surface area contributed by atoms with Gasteiger partial charge in [0.05, 0.1) is 33.6 Å². The van der Waals surface area contributed by atoms with Gasteiger partial charge in [0, 0.05) is 22.5 Å². The Labute approximate surface area is 428 Å². The summed E-state index contributed by atoms with van der Waals surface area (Å²) in [6, 6.07) is 91.0. The lowest BCUT2D eigenvalue weighted by Crippen LogP contribution is -2.36. The van der Waals surface area contributed by atoms with Crippen LogP contribution < -0.4 is 9.80 Å². The average Bonchev–Trinajstić information content (AvgIpc) is 3.94. The molecule has 0 fully saturated rings. The second-order valence-electron chi connectivity index (χ2n) is 19.4. The molecule has 3 heterocycles. The highest BCUT2D eigenvalue weighted by Crippen LogP contribution is 2.65. The first-order chi connectivity index (χ1) is 36.6. The summed E-state index contributed by atoms with van der Waals surface area (Å²) in [4.78, 5) is 14.5. The van der Waals surface area contributed by atoms with Crippen LogP contribution in [0.3, 0.4) is 0 Å². The zero-order valence-corrected chi connectivity index (χ0v) is 39.8. The quantitative estimate of drug-likeness (QED) is 0.175. The molecule has 11 aromatic rings. The van der Waals surface area contributed by atoms with Crippen LogP contribution in [0.15, 0.2) is 243 Å². The Morgan fingerprint density at radius 1 is 0.284 bits per heavy atom. The summed E-state index contributed by atoms with van der Waals surface area (Å²) in [6.07, 6.45) is 0. The minimum absolute atomic E-state index is 0.145. The zero-order chi connectivity index (χ0) is 49.1. The molecule has 74 heavy (non-hydrogen) atoms. The van der Waals surface area contributed by atoms with Crippen molar-refractivity contribution in [1.29, 1.82) is 10.5 Å². The Morgan fingerprint density at radius 3 is 0.797 bits per heavy atom. The predicted molar refractivity (Wildman–Crippen MR) is 293 cm³/mol. The SMILES string of the molecule is N#Cc1nc(-c2ccc(N3c4ccccc4C4(c5ccccc5-c5ccccc54)c4ccccc43)cc2)c(C#N)nc1-c1ccc(N2c3ccccc3C3(c4ccccc4-c4ccccc43)c3ccccc32)cc1. The van der Waals surface area contributed by atoms with Gasteiger partial charge in [0.15, 0.2) is 11.4 Å². The summed E-state index contributed by atoms with van der Waals surface area (Å²) in [7, 11) is 0. The second-order valence-corrected chi connectivity index (χ2v) is 19.4. The highest BCUT2D eigenvalue weighted by molar-refractivity contribution is 5.98. The maximum absolute atomic E-state index is 10.7. The Kier molecular flexibility index (Phi) is 8.82. The van der Waals surface area contributed by atoms with E-state index in [1.54, 1.807) is 0 Å². The lowest BCUT2D eigenvalue weighted by atomic mass is 9.64. The van der Waals surface area contributed by atoms with Gasteiger partial charge in [-0.15, -0.1) is 0 Å². The third-order valence-corrected chi connectivity index (χ3v) is 16.0. The molecule has 4 aliphatic rings. The molecule has 1 aromatic heterocycles. The topological polar surface area (TPSA) is 79.8 Å². The Bertz CT molecular complexity index is 3790. The molecule has 0 bridgehead atoms. The van der Waals surface area contributed by atoms with E-state index in [-0.39, 0.29) is 11.4 Å². The molecule has 6 nitrogen and oxygen atoms in total. The van der Waals surface area contributed by atoms with Gasteiger partial charge < -0.3 is 9.80 Å². The maximum Gasteiger partial charge on any atom is 0.167 e. The lowest BCUT2D eigenvalue weighted by molar-refractivity contribution is 0.752. The summed E-state index contributed by atoms with van der Waals surface area (Å²) in [5, 5.41) is 21.4. The van der Waals surface area contributed by atoms with E-state index in [4.69, 9.17) is 9.97 Å². The number of hydrogen-bond donors (Lipinski definition) is 0. The number of benzene rings is 10. The van der Waals surface area contributed by atoms with Crippen LogP contribution in [0.1, 0.15) is 55.9 Å². The van der Waals surface area contributed by atoms with E-state index in [0.717, 1.165) is 34.1 Å². The van der Waals surface area contributed by atoms with E-state index >= 15 is 0 Å². The smallest absolute Gasteiger partial charge is 0.167 e. The summed E-state index contributed by atoms with van der Waals surface area (Å²) in [6.45, 7) is 0. The number of fused-ring (bicyclic) bond motifs is 18. The highest BCUT2D eigenvalue weighted by Gasteiger charge is 2.53. The van der Waals surface area contributed by atoms with E-state index in [0.29, 0.717) is 22.5 Å². The minimum Gasteiger partial charge on any atom is -0.310 e. The molecule has 10 aromatic carbocycles. The van der Waals surface area contributed by atoms with Crippen molar-refractivity contribution in [3.63, 3.8) is 0 Å². The number of nitriles is 2. The van der Waals surface area contributed by atoms with Gasteiger partial charge in [-0.2, -0.15) is 10.5 Å². The second kappa shape index (κ2) is 15.7. The lowest BCUT2D eigenvalue weighted by Gasteiger charge is -2.45. The molecular weight excluding hydrogens is 901 g/mol. The van der Waals surface area contributed by atoms with Gasteiger partial charge in [-0.1, -0.05) is 194 Å². The van der Waals surface area contributed by atoms with Crippen molar-refractivity contribution in [3.8, 4) is 56.9 Å². The van der Waals surface area contributed by atoms with Crippen LogP contribution in [0.4, 0.5) is 34.1 Å². The molecule has 15 rings (SSSR count). The van der Waals surface area contributed by atoms with Gasteiger partial charge in [-0.05, 0) is 115 Å². The van der Waals surface area contributed by atoms with Crippen LogP contribution in [0.2, 0.25) is 0 Å². The third-order valence-electron chi connectivity index (χ3n) is 16.0. The number of anilines is 6. The van der Waals surface area contributed by atoms with Gasteiger partial charge >= 0.3 is 0 Å².